The average Bonchev–Trinajstić information content (AvgIpc) is 2.31. The molecular formula is C14H17NO2S2. The number of sulfone groups is 1. The summed E-state index contributed by atoms with van der Waals surface area (Å²) in [4.78, 5) is 0.949. The van der Waals surface area contributed by atoms with Crippen LogP contribution in [0.5, 0.6) is 0 Å². The van der Waals surface area contributed by atoms with Crippen LogP contribution >= 0.6 is 11.8 Å². The van der Waals surface area contributed by atoms with Gasteiger partial charge in [0.1, 0.15) is 15.9 Å². The highest BCUT2D eigenvalue weighted by Crippen LogP contribution is 2.46. The topological polar surface area (TPSA) is 57.9 Å². The van der Waals surface area contributed by atoms with E-state index >= 15 is 0 Å². The first-order valence-electron chi connectivity index (χ1n) is 6.24. The van der Waals surface area contributed by atoms with Crippen LogP contribution in [0.2, 0.25) is 0 Å². The predicted molar refractivity (Wildman–Crippen MR) is 77.9 cm³/mol. The molecule has 0 aromatic heterocycles. The largest absolute Gasteiger partial charge is 0.229 e. The maximum atomic E-state index is 11.5. The molecule has 0 aliphatic heterocycles. The van der Waals surface area contributed by atoms with Crippen LogP contribution in [0.4, 0.5) is 0 Å². The van der Waals surface area contributed by atoms with Crippen molar-refractivity contribution in [2.45, 2.75) is 24.2 Å². The van der Waals surface area contributed by atoms with E-state index in [0.29, 0.717) is 5.56 Å². The molecule has 19 heavy (non-hydrogen) atoms. The molecule has 5 heteroatoms. The van der Waals surface area contributed by atoms with Gasteiger partial charge in [0.25, 0.3) is 0 Å². The molecule has 102 valence electrons. The minimum absolute atomic E-state index is 0.0825. The first kappa shape index (κ1) is 14.4. The molecule has 0 N–H and O–H groups in total. The first-order chi connectivity index (χ1) is 8.94. The lowest BCUT2D eigenvalue weighted by Crippen LogP contribution is -2.38. The Hall–Kier alpha value is -0.990. The van der Waals surface area contributed by atoms with Gasteiger partial charge in [-0.2, -0.15) is 5.26 Å². The second kappa shape index (κ2) is 5.56. The number of rotatable bonds is 5. The number of hydrogen-bond donors (Lipinski definition) is 0. The number of nitrogens with zero attached hydrogens (tertiary/aromatic N) is 1. The average molecular weight is 295 g/mol. The van der Waals surface area contributed by atoms with E-state index in [1.54, 1.807) is 17.8 Å². The molecule has 0 heterocycles. The summed E-state index contributed by atoms with van der Waals surface area (Å²) >= 11 is 1.61. The van der Waals surface area contributed by atoms with Crippen molar-refractivity contribution in [1.82, 2.24) is 0 Å². The fourth-order valence-electron chi connectivity index (χ4n) is 2.48. The summed E-state index contributed by atoms with van der Waals surface area (Å²) in [5.41, 5.74) is 0.585. The van der Waals surface area contributed by atoms with Gasteiger partial charge in [0.05, 0.1) is 11.3 Å². The van der Waals surface area contributed by atoms with Gasteiger partial charge in [0, 0.05) is 16.9 Å². The van der Waals surface area contributed by atoms with E-state index in [2.05, 4.69) is 6.07 Å². The van der Waals surface area contributed by atoms with Crippen molar-refractivity contribution < 1.29 is 8.42 Å². The van der Waals surface area contributed by atoms with Crippen molar-refractivity contribution in [2.24, 2.45) is 5.41 Å². The number of benzene rings is 1. The maximum absolute atomic E-state index is 11.5. The summed E-state index contributed by atoms with van der Waals surface area (Å²) in [5, 5.41) is 9.05. The van der Waals surface area contributed by atoms with Crippen LogP contribution in [-0.4, -0.2) is 26.2 Å². The lowest BCUT2D eigenvalue weighted by Gasteiger charge is -2.41. The smallest absolute Gasteiger partial charge is 0.148 e. The standard InChI is InChI=1S/C14H17NO2S2/c1-19(16,17)11-14(7-4-8-14)10-18-13-6-3-2-5-12(13)9-15/h2-3,5-6H,4,7-8,10-11H2,1H3. The zero-order chi connectivity index (χ0) is 13.9. The summed E-state index contributed by atoms with van der Waals surface area (Å²) < 4.78 is 23.0. The fraction of sp³-hybridized carbons (Fsp3) is 0.500. The second-order valence-corrected chi connectivity index (χ2v) is 8.48. The zero-order valence-electron chi connectivity index (χ0n) is 10.9. The van der Waals surface area contributed by atoms with Crippen molar-refractivity contribution >= 4 is 21.6 Å². The summed E-state index contributed by atoms with van der Waals surface area (Å²) in [7, 11) is -2.94. The Morgan fingerprint density at radius 2 is 2.05 bits per heavy atom. The predicted octanol–water partition coefficient (Wildman–Crippen LogP) is 2.87. The van der Waals surface area contributed by atoms with Gasteiger partial charge in [-0.3, -0.25) is 0 Å². The molecule has 1 aromatic rings. The van der Waals surface area contributed by atoms with E-state index in [1.807, 2.05) is 18.2 Å². The van der Waals surface area contributed by atoms with Crippen LogP contribution in [0.1, 0.15) is 24.8 Å². The molecule has 1 fully saturated rings. The Labute approximate surface area is 118 Å². The zero-order valence-corrected chi connectivity index (χ0v) is 12.6. The first-order valence-corrected chi connectivity index (χ1v) is 9.28. The van der Waals surface area contributed by atoms with Crippen LogP contribution in [0.3, 0.4) is 0 Å². The van der Waals surface area contributed by atoms with Gasteiger partial charge in [-0.25, -0.2) is 8.42 Å². The van der Waals surface area contributed by atoms with E-state index in [0.717, 1.165) is 29.9 Å². The summed E-state index contributed by atoms with van der Waals surface area (Å²) in [6.45, 7) is 0. The Morgan fingerprint density at radius 1 is 1.37 bits per heavy atom. The number of nitriles is 1. The van der Waals surface area contributed by atoms with E-state index in [-0.39, 0.29) is 11.2 Å². The molecule has 3 nitrogen and oxygen atoms in total. The monoisotopic (exact) mass is 295 g/mol. The van der Waals surface area contributed by atoms with Crippen LogP contribution in [-0.2, 0) is 9.84 Å². The molecule has 0 amide bonds. The highest BCUT2D eigenvalue weighted by Gasteiger charge is 2.39. The third-order valence-corrected chi connectivity index (χ3v) is 6.08. The summed E-state index contributed by atoms with van der Waals surface area (Å²) in [6.07, 6.45) is 4.36. The molecule has 0 unspecified atom stereocenters. The third kappa shape index (κ3) is 3.74. The van der Waals surface area contributed by atoms with Crippen LogP contribution in [0.25, 0.3) is 0 Å². The third-order valence-electron chi connectivity index (χ3n) is 3.52. The highest BCUT2D eigenvalue weighted by molar-refractivity contribution is 7.99. The van der Waals surface area contributed by atoms with Gasteiger partial charge in [-0.05, 0) is 30.4 Å². The van der Waals surface area contributed by atoms with Gasteiger partial charge in [0.15, 0.2) is 0 Å². The molecule has 0 saturated heterocycles. The van der Waals surface area contributed by atoms with Gasteiger partial charge in [-0.1, -0.05) is 18.6 Å². The van der Waals surface area contributed by atoms with Gasteiger partial charge in [0.2, 0.25) is 0 Å². The Morgan fingerprint density at radius 3 is 2.58 bits per heavy atom. The van der Waals surface area contributed by atoms with E-state index in [4.69, 9.17) is 5.26 Å². The Kier molecular flexibility index (Phi) is 4.22. The minimum Gasteiger partial charge on any atom is -0.229 e. The minimum atomic E-state index is -2.94. The van der Waals surface area contributed by atoms with Gasteiger partial charge in [-0.15, -0.1) is 11.8 Å². The SMILES string of the molecule is CS(=O)(=O)CC1(CSc2ccccc2C#N)CCC1. The molecule has 0 bridgehead atoms. The number of thioether (sulfide) groups is 1. The van der Waals surface area contributed by atoms with Crippen LogP contribution in [0.15, 0.2) is 29.2 Å². The molecule has 1 aliphatic carbocycles. The van der Waals surface area contributed by atoms with Crippen LogP contribution < -0.4 is 0 Å². The molecule has 0 atom stereocenters. The molecular weight excluding hydrogens is 278 g/mol. The van der Waals surface area contributed by atoms with Crippen molar-refractivity contribution in [2.75, 3.05) is 17.8 Å². The normalized spacial score (nSPS) is 17.5. The van der Waals surface area contributed by atoms with Crippen molar-refractivity contribution in [3.05, 3.63) is 29.8 Å². The van der Waals surface area contributed by atoms with E-state index in [1.165, 1.54) is 6.26 Å². The Bertz CT molecular complexity index is 598. The van der Waals surface area contributed by atoms with Gasteiger partial charge >= 0.3 is 0 Å². The molecule has 2 rings (SSSR count). The van der Waals surface area contributed by atoms with Crippen molar-refractivity contribution in [1.29, 1.82) is 5.26 Å². The summed E-state index contributed by atoms with van der Waals surface area (Å²) in [5.74, 6) is 1.04. The van der Waals surface area contributed by atoms with Gasteiger partial charge < -0.3 is 0 Å². The Balaban J connectivity index is 2.07. The lowest BCUT2D eigenvalue weighted by atomic mass is 9.72. The summed E-state index contributed by atoms with van der Waals surface area (Å²) in [6, 6.07) is 9.66. The fourth-order valence-corrected chi connectivity index (χ4v) is 5.41. The molecule has 0 radical (unpaired) electrons. The number of hydrogen-bond acceptors (Lipinski definition) is 4. The second-order valence-electron chi connectivity index (χ2n) is 5.32. The van der Waals surface area contributed by atoms with Crippen LogP contribution in [0, 0.1) is 16.7 Å². The molecule has 1 aromatic carbocycles. The lowest BCUT2D eigenvalue weighted by molar-refractivity contribution is 0.201. The maximum Gasteiger partial charge on any atom is 0.148 e. The quantitative estimate of drug-likeness (QED) is 0.784. The van der Waals surface area contributed by atoms with Crippen molar-refractivity contribution in [3.63, 3.8) is 0 Å². The van der Waals surface area contributed by atoms with E-state index < -0.39 is 9.84 Å². The molecule has 1 aliphatic rings. The van der Waals surface area contributed by atoms with Crippen molar-refractivity contribution in [3.8, 4) is 6.07 Å². The van der Waals surface area contributed by atoms with E-state index in [9.17, 15) is 8.42 Å². The molecule has 0 spiro atoms. The highest BCUT2D eigenvalue weighted by atomic mass is 32.2. The molecule has 1 saturated carbocycles.